The van der Waals surface area contributed by atoms with E-state index >= 15 is 0 Å². The summed E-state index contributed by atoms with van der Waals surface area (Å²) in [6, 6.07) is 1.74. The highest BCUT2D eigenvalue weighted by molar-refractivity contribution is 7.09. The molecule has 3 heterocycles. The highest BCUT2D eigenvalue weighted by Crippen LogP contribution is 2.31. The summed E-state index contributed by atoms with van der Waals surface area (Å²) in [6.45, 7) is 3.87. The number of hydrogen-bond acceptors (Lipinski definition) is 8. The maximum absolute atomic E-state index is 11.7. The SMILES string of the molecule is CCOC(=O)c1csc(C2CCN(c3nccc(OC)n3)CC2)n1. The minimum atomic E-state index is -0.345. The van der Waals surface area contributed by atoms with Crippen LogP contribution in [0, 0.1) is 0 Å². The molecule has 0 bridgehead atoms. The van der Waals surface area contributed by atoms with Crippen LogP contribution in [-0.4, -0.2) is 47.7 Å². The average molecular weight is 348 g/mol. The molecule has 24 heavy (non-hydrogen) atoms. The molecule has 0 spiro atoms. The highest BCUT2D eigenvalue weighted by atomic mass is 32.1. The summed E-state index contributed by atoms with van der Waals surface area (Å²) in [5, 5.41) is 2.79. The van der Waals surface area contributed by atoms with Gasteiger partial charge >= 0.3 is 5.97 Å². The van der Waals surface area contributed by atoms with Crippen molar-refractivity contribution < 1.29 is 14.3 Å². The lowest BCUT2D eigenvalue weighted by Crippen LogP contribution is -2.34. The normalized spacial score (nSPS) is 15.3. The van der Waals surface area contributed by atoms with Crippen molar-refractivity contribution in [1.29, 1.82) is 0 Å². The van der Waals surface area contributed by atoms with Gasteiger partial charge < -0.3 is 14.4 Å². The molecule has 0 radical (unpaired) electrons. The van der Waals surface area contributed by atoms with Crippen LogP contribution < -0.4 is 9.64 Å². The van der Waals surface area contributed by atoms with E-state index in [4.69, 9.17) is 9.47 Å². The standard InChI is InChI=1S/C16H20N4O3S/c1-3-23-15(21)12-10-24-14(18-12)11-5-8-20(9-6-11)16-17-7-4-13(19-16)22-2/h4,7,10-11H,3,5-6,8-9H2,1-2H3. The van der Waals surface area contributed by atoms with Crippen LogP contribution in [0.25, 0.3) is 0 Å². The molecule has 0 atom stereocenters. The van der Waals surface area contributed by atoms with Crippen molar-refractivity contribution in [2.45, 2.75) is 25.7 Å². The Kier molecular flexibility index (Phi) is 5.24. The Morgan fingerprint density at radius 3 is 2.88 bits per heavy atom. The minimum Gasteiger partial charge on any atom is -0.481 e. The Hall–Kier alpha value is -2.22. The molecule has 2 aromatic heterocycles. The molecule has 7 nitrogen and oxygen atoms in total. The van der Waals surface area contributed by atoms with Gasteiger partial charge in [0.15, 0.2) is 5.69 Å². The van der Waals surface area contributed by atoms with Crippen molar-refractivity contribution >= 4 is 23.3 Å². The van der Waals surface area contributed by atoms with Gasteiger partial charge in [0, 0.05) is 36.7 Å². The Bertz CT molecular complexity index is 698. The van der Waals surface area contributed by atoms with E-state index in [1.165, 1.54) is 11.3 Å². The number of anilines is 1. The summed E-state index contributed by atoms with van der Waals surface area (Å²) in [5.41, 5.74) is 0.412. The zero-order valence-corrected chi connectivity index (χ0v) is 14.6. The second-order valence-electron chi connectivity index (χ2n) is 5.45. The number of aromatic nitrogens is 3. The third kappa shape index (κ3) is 3.64. The fourth-order valence-electron chi connectivity index (χ4n) is 2.70. The third-order valence-corrected chi connectivity index (χ3v) is 4.97. The van der Waals surface area contributed by atoms with Crippen LogP contribution in [0.3, 0.4) is 0 Å². The van der Waals surface area contributed by atoms with Crippen molar-refractivity contribution in [2.75, 3.05) is 31.7 Å². The smallest absolute Gasteiger partial charge is 0.357 e. The fraction of sp³-hybridized carbons (Fsp3) is 0.500. The van der Waals surface area contributed by atoms with Gasteiger partial charge in [0.25, 0.3) is 0 Å². The highest BCUT2D eigenvalue weighted by Gasteiger charge is 2.25. The quantitative estimate of drug-likeness (QED) is 0.768. The summed E-state index contributed by atoms with van der Waals surface area (Å²) in [6.07, 6.45) is 3.62. The molecule has 1 saturated heterocycles. The van der Waals surface area contributed by atoms with Gasteiger partial charge in [-0.15, -0.1) is 11.3 Å². The second-order valence-corrected chi connectivity index (χ2v) is 6.34. The first-order valence-corrected chi connectivity index (χ1v) is 8.83. The third-order valence-electron chi connectivity index (χ3n) is 3.96. The maximum Gasteiger partial charge on any atom is 0.357 e. The summed E-state index contributed by atoms with van der Waals surface area (Å²) in [7, 11) is 1.60. The Labute approximate surface area is 144 Å². The predicted molar refractivity (Wildman–Crippen MR) is 90.8 cm³/mol. The van der Waals surface area contributed by atoms with Crippen molar-refractivity contribution in [3.63, 3.8) is 0 Å². The molecule has 1 aliphatic rings. The van der Waals surface area contributed by atoms with Gasteiger partial charge in [-0.25, -0.2) is 14.8 Å². The van der Waals surface area contributed by atoms with E-state index in [9.17, 15) is 4.79 Å². The number of piperidine rings is 1. The van der Waals surface area contributed by atoms with Crippen LogP contribution in [0.2, 0.25) is 0 Å². The molecule has 8 heteroatoms. The van der Waals surface area contributed by atoms with Crippen LogP contribution in [-0.2, 0) is 4.74 Å². The zero-order chi connectivity index (χ0) is 16.9. The first-order chi connectivity index (χ1) is 11.7. The Morgan fingerprint density at radius 1 is 1.38 bits per heavy atom. The first-order valence-electron chi connectivity index (χ1n) is 7.95. The number of carbonyl (C=O) groups excluding carboxylic acids is 1. The molecule has 1 aliphatic heterocycles. The van der Waals surface area contributed by atoms with Crippen LogP contribution >= 0.6 is 11.3 Å². The monoisotopic (exact) mass is 348 g/mol. The molecule has 0 amide bonds. The second kappa shape index (κ2) is 7.57. The minimum absolute atomic E-state index is 0.345. The van der Waals surface area contributed by atoms with Gasteiger partial charge in [0.1, 0.15) is 0 Å². The summed E-state index contributed by atoms with van der Waals surface area (Å²) < 4.78 is 10.1. The molecule has 0 aromatic carbocycles. The van der Waals surface area contributed by atoms with Crippen molar-refractivity contribution in [3.8, 4) is 5.88 Å². The Balaban J connectivity index is 1.61. The van der Waals surface area contributed by atoms with E-state index in [1.807, 2.05) is 0 Å². The first kappa shape index (κ1) is 16.6. The lowest BCUT2D eigenvalue weighted by atomic mass is 9.98. The van der Waals surface area contributed by atoms with E-state index in [2.05, 4.69) is 19.9 Å². The van der Waals surface area contributed by atoms with E-state index in [-0.39, 0.29) is 5.97 Å². The molecule has 1 fully saturated rings. The molecule has 128 valence electrons. The fourth-order valence-corrected chi connectivity index (χ4v) is 3.66. The number of thiazole rings is 1. The lowest BCUT2D eigenvalue weighted by Gasteiger charge is -2.31. The van der Waals surface area contributed by atoms with Crippen molar-refractivity contribution in [2.24, 2.45) is 0 Å². The van der Waals surface area contributed by atoms with Gasteiger partial charge in [-0.2, -0.15) is 4.98 Å². The van der Waals surface area contributed by atoms with Crippen molar-refractivity contribution in [3.05, 3.63) is 28.3 Å². The number of esters is 1. The number of rotatable bonds is 5. The average Bonchev–Trinajstić information content (AvgIpc) is 3.12. The number of methoxy groups -OCH3 is 1. The van der Waals surface area contributed by atoms with Crippen LogP contribution in [0.15, 0.2) is 17.6 Å². The van der Waals surface area contributed by atoms with Gasteiger partial charge in [-0.1, -0.05) is 0 Å². The predicted octanol–water partition coefficient (Wildman–Crippen LogP) is 2.50. The van der Waals surface area contributed by atoms with Gasteiger partial charge in [0.05, 0.1) is 18.7 Å². The molecule has 2 aromatic rings. The maximum atomic E-state index is 11.7. The molecule has 3 rings (SSSR count). The molecular weight excluding hydrogens is 328 g/mol. The summed E-state index contributed by atoms with van der Waals surface area (Å²) in [4.78, 5) is 27.0. The van der Waals surface area contributed by atoms with E-state index in [1.54, 1.807) is 31.7 Å². The number of carbonyl (C=O) groups is 1. The Morgan fingerprint density at radius 2 is 2.17 bits per heavy atom. The molecule has 0 N–H and O–H groups in total. The summed E-state index contributed by atoms with van der Waals surface area (Å²) in [5.74, 6) is 1.28. The molecule has 0 unspecified atom stereocenters. The van der Waals surface area contributed by atoms with Gasteiger partial charge in [-0.3, -0.25) is 0 Å². The van der Waals surface area contributed by atoms with E-state index < -0.39 is 0 Å². The number of nitrogens with zero attached hydrogens (tertiary/aromatic N) is 4. The molecular formula is C16H20N4O3S. The van der Waals surface area contributed by atoms with Crippen molar-refractivity contribution in [1.82, 2.24) is 15.0 Å². The lowest BCUT2D eigenvalue weighted by molar-refractivity contribution is 0.0520. The van der Waals surface area contributed by atoms with Gasteiger partial charge in [0.2, 0.25) is 11.8 Å². The van der Waals surface area contributed by atoms with Crippen LogP contribution in [0.1, 0.15) is 41.2 Å². The summed E-state index contributed by atoms with van der Waals surface area (Å²) >= 11 is 1.53. The van der Waals surface area contributed by atoms with E-state index in [0.717, 1.165) is 30.9 Å². The molecule has 0 saturated carbocycles. The molecule has 0 aliphatic carbocycles. The number of hydrogen-bond donors (Lipinski definition) is 0. The largest absolute Gasteiger partial charge is 0.481 e. The van der Waals surface area contributed by atoms with E-state index in [0.29, 0.717) is 30.0 Å². The number of ether oxygens (including phenoxy) is 2. The topological polar surface area (TPSA) is 77.4 Å². The zero-order valence-electron chi connectivity index (χ0n) is 13.8. The van der Waals surface area contributed by atoms with Crippen LogP contribution in [0.4, 0.5) is 5.95 Å². The van der Waals surface area contributed by atoms with Crippen LogP contribution in [0.5, 0.6) is 5.88 Å². The van der Waals surface area contributed by atoms with Gasteiger partial charge in [-0.05, 0) is 19.8 Å².